The van der Waals surface area contributed by atoms with E-state index in [0.717, 1.165) is 24.0 Å². The van der Waals surface area contributed by atoms with Crippen LogP contribution in [0.15, 0.2) is 36.4 Å². The van der Waals surface area contributed by atoms with E-state index in [2.05, 4.69) is 5.32 Å². The van der Waals surface area contributed by atoms with Gasteiger partial charge in [-0.25, -0.2) is 9.37 Å². The van der Waals surface area contributed by atoms with E-state index >= 15 is 0 Å². The predicted molar refractivity (Wildman–Crippen MR) is 128 cm³/mol. The topological polar surface area (TPSA) is 99.5 Å². The summed E-state index contributed by atoms with van der Waals surface area (Å²) < 4.78 is 14.0. The minimum absolute atomic E-state index is 0.0111. The molecule has 1 saturated carbocycles. The van der Waals surface area contributed by atoms with Crippen LogP contribution in [0.2, 0.25) is 0 Å². The van der Waals surface area contributed by atoms with Gasteiger partial charge in [0.05, 0.1) is 11.6 Å². The number of carboxylic acid groups (broad SMARTS) is 1. The van der Waals surface area contributed by atoms with Gasteiger partial charge in [-0.2, -0.15) is 0 Å². The van der Waals surface area contributed by atoms with Gasteiger partial charge in [0.2, 0.25) is 0 Å². The number of rotatable bonds is 5. The van der Waals surface area contributed by atoms with Crippen molar-refractivity contribution in [2.75, 3.05) is 0 Å². The third-order valence-corrected chi connectivity index (χ3v) is 6.62. The molecule has 0 saturated heterocycles. The maximum Gasteiger partial charge on any atom is 0.308 e. The number of carbonyl (C=O) groups is 2. The van der Waals surface area contributed by atoms with Gasteiger partial charge in [-0.1, -0.05) is 32.8 Å². The average Bonchev–Trinajstić information content (AvgIpc) is 2.79. The van der Waals surface area contributed by atoms with E-state index in [9.17, 15) is 24.2 Å². The Morgan fingerprint density at radius 3 is 2.50 bits per heavy atom. The summed E-state index contributed by atoms with van der Waals surface area (Å²) in [4.78, 5) is 29.9. The maximum atomic E-state index is 14.0. The molecule has 178 valence electrons. The summed E-state index contributed by atoms with van der Waals surface area (Å²) in [5.74, 6) is -2.37. The molecular formula is C27H29FN2O4. The van der Waals surface area contributed by atoms with Crippen LogP contribution in [-0.4, -0.2) is 33.1 Å². The second kappa shape index (κ2) is 9.41. The first-order chi connectivity index (χ1) is 16.2. The third kappa shape index (κ3) is 4.47. The van der Waals surface area contributed by atoms with Crippen molar-refractivity contribution in [1.82, 2.24) is 10.3 Å². The van der Waals surface area contributed by atoms with Crippen LogP contribution >= 0.6 is 0 Å². The predicted octanol–water partition coefficient (Wildman–Crippen LogP) is 5.55. The van der Waals surface area contributed by atoms with E-state index in [4.69, 9.17) is 4.98 Å². The Bertz CT molecular complexity index is 1270. The number of halogens is 1. The smallest absolute Gasteiger partial charge is 0.308 e. The normalized spacial score (nSPS) is 18.3. The van der Waals surface area contributed by atoms with Crippen LogP contribution in [0, 0.1) is 18.7 Å². The summed E-state index contributed by atoms with van der Waals surface area (Å²) in [6.07, 6.45) is 2.79. The lowest BCUT2D eigenvalue weighted by Gasteiger charge is -2.29. The summed E-state index contributed by atoms with van der Waals surface area (Å²) in [6, 6.07) is 9.17. The Morgan fingerprint density at radius 2 is 1.82 bits per heavy atom. The van der Waals surface area contributed by atoms with Gasteiger partial charge in [-0.15, -0.1) is 0 Å². The van der Waals surface area contributed by atoms with Crippen molar-refractivity contribution in [3.05, 3.63) is 59.2 Å². The number of pyridine rings is 1. The van der Waals surface area contributed by atoms with Crippen LogP contribution in [-0.2, 0) is 4.79 Å². The van der Waals surface area contributed by atoms with Crippen molar-refractivity contribution >= 4 is 22.6 Å². The Kier molecular flexibility index (Phi) is 6.55. The minimum atomic E-state index is -0.912. The lowest BCUT2D eigenvalue weighted by Crippen LogP contribution is -2.45. The molecule has 0 bridgehead atoms. The standard InChI is InChI=1S/C27H29FN2O4/c1-14(2)24-23(16-8-11-21(28)15(3)12-16)18-10-9-17(31)13-20(18)25(30-24)26(32)29-22-7-5-4-6-19(22)27(33)34/h8-14,19,22,31H,4-7H2,1-3H3,(H,29,32)(H,33,34). The molecule has 34 heavy (non-hydrogen) atoms. The molecule has 7 heteroatoms. The summed E-state index contributed by atoms with van der Waals surface area (Å²) >= 11 is 0. The molecule has 2 atom stereocenters. The van der Waals surface area contributed by atoms with E-state index in [1.54, 1.807) is 31.2 Å². The molecule has 1 aliphatic rings. The molecule has 3 aromatic rings. The molecule has 1 aromatic heterocycles. The van der Waals surface area contributed by atoms with E-state index in [1.165, 1.54) is 12.1 Å². The summed E-state index contributed by atoms with van der Waals surface area (Å²) in [5, 5.41) is 23.9. The number of nitrogens with one attached hydrogen (secondary N) is 1. The number of phenolic OH excluding ortho intramolecular Hbond substituents is 1. The molecule has 0 spiro atoms. The van der Waals surface area contributed by atoms with Crippen molar-refractivity contribution in [2.45, 2.75) is 58.4 Å². The molecule has 1 aliphatic carbocycles. The number of aliphatic carboxylic acids is 1. The van der Waals surface area contributed by atoms with Crippen molar-refractivity contribution in [3.63, 3.8) is 0 Å². The number of fused-ring (bicyclic) bond motifs is 1. The highest BCUT2D eigenvalue weighted by Crippen LogP contribution is 2.38. The molecule has 2 unspecified atom stereocenters. The van der Waals surface area contributed by atoms with Crippen LogP contribution in [0.3, 0.4) is 0 Å². The molecule has 4 rings (SSSR count). The fourth-order valence-corrected chi connectivity index (χ4v) is 4.85. The molecule has 1 fully saturated rings. The van der Waals surface area contributed by atoms with Crippen LogP contribution in [0.5, 0.6) is 5.75 Å². The van der Waals surface area contributed by atoms with Crippen molar-refractivity contribution in [3.8, 4) is 16.9 Å². The Labute approximate surface area is 197 Å². The number of phenols is 1. The molecule has 0 radical (unpaired) electrons. The van der Waals surface area contributed by atoms with Crippen LogP contribution < -0.4 is 5.32 Å². The van der Waals surface area contributed by atoms with Gasteiger partial charge in [0, 0.05) is 17.0 Å². The quantitative estimate of drug-likeness (QED) is 0.460. The highest BCUT2D eigenvalue weighted by Gasteiger charge is 2.33. The second-order valence-electron chi connectivity index (χ2n) is 9.38. The number of carbonyl (C=O) groups excluding carboxylic acids is 1. The fraction of sp³-hybridized carbons (Fsp3) is 0.370. The number of aromatic nitrogens is 1. The second-order valence-corrected chi connectivity index (χ2v) is 9.38. The first-order valence-electron chi connectivity index (χ1n) is 11.6. The molecule has 0 aliphatic heterocycles. The lowest BCUT2D eigenvalue weighted by atomic mass is 9.84. The zero-order valence-corrected chi connectivity index (χ0v) is 19.6. The number of carboxylic acids is 1. The zero-order valence-electron chi connectivity index (χ0n) is 19.6. The van der Waals surface area contributed by atoms with Gasteiger partial charge in [0.1, 0.15) is 17.3 Å². The third-order valence-electron chi connectivity index (χ3n) is 6.62. The van der Waals surface area contributed by atoms with Gasteiger partial charge >= 0.3 is 5.97 Å². The zero-order chi connectivity index (χ0) is 24.6. The Morgan fingerprint density at radius 1 is 1.09 bits per heavy atom. The van der Waals surface area contributed by atoms with Crippen molar-refractivity contribution in [1.29, 1.82) is 0 Å². The SMILES string of the molecule is Cc1cc(-c2c(C(C)C)nc(C(=O)NC3CCCCC3C(=O)O)c3cc(O)ccc23)ccc1F. The first-order valence-corrected chi connectivity index (χ1v) is 11.6. The number of nitrogens with zero attached hydrogens (tertiary/aromatic N) is 1. The fourth-order valence-electron chi connectivity index (χ4n) is 4.85. The number of amides is 1. The van der Waals surface area contributed by atoms with Gasteiger partial charge in [0.15, 0.2) is 0 Å². The molecule has 1 heterocycles. The highest BCUT2D eigenvalue weighted by atomic mass is 19.1. The number of hydrogen-bond donors (Lipinski definition) is 3. The Hall–Kier alpha value is -3.48. The monoisotopic (exact) mass is 464 g/mol. The number of aromatic hydroxyl groups is 1. The number of hydrogen-bond acceptors (Lipinski definition) is 4. The molecule has 6 nitrogen and oxygen atoms in total. The van der Waals surface area contributed by atoms with Gasteiger partial charge < -0.3 is 15.5 Å². The lowest BCUT2D eigenvalue weighted by molar-refractivity contribution is -0.143. The molecular weight excluding hydrogens is 435 g/mol. The van der Waals surface area contributed by atoms with Gasteiger partial charge in [-0.3, -0.25) is 9.59 Å². The molecule has 3 N–H and O–H groups in total. The van der Waals surface area contributed by atoms with Crippen LogP contribution in [0.4, 0.5) is 4.39 Å². The Balaban J connectivity index is 1.88. The van der Waals surface area contributed by atoms with Crippen molar-refractivity contribution < 1.29 is 24.2 Å². The molecule has 2 aromatic carbocycles. The first kappa shape index (κ1) is 23.7. The largest absolute Gasteiger partial charge is 0.508 e. The summed E-state index contributed by atoms with van der Waals surface area (Å²) in [5.41, 5.74) is 2.87. The van der Waals surface area contributed by atoms with E-state index in [0.29, 0.717) is 34.9 Å². The van der Waals surface area contributed by atoms with E-state index < -0.39 is 23.8 Å². The highest BCUT2D eigenvalue weighted by molar-refractivity contribution is 6.10. The van der Waals surface area contributed by atoms with E-state index in [-0.39, 0.29) is 23.2 Å². The minimum Gasteiger partial charge on any atom is -0.508 e. The number of aryl methyl sites for hydroxylation is 1. The van der Waals surface area contributed by atoms with Crippen LogP contribution in [0.25, 0.3) is 21.9 Å². The average molecular weight is 465 g/mol. The van der Waals surface area contributed by atoms with Crippen molar-refractivity contribution in [2.24, 2.45) is 5.92 Å². The van der Waals surface area contributed by atoms with Gasteiger partial charge in [0.25, 0.3) is 5.91 Å². The van der Waals surface area contributed by atoms with Crippen LogP contribution in [0.1, 0.15) is 67.2 Å². The summed E-state index contributed by atoms with van der Waals surface area (Å²) in [7, 11) is 0. The number of benzene rings is 2. The van der Waals surface area contributed by atoms with E-state index in [1.807, 2.05) is 13.8 Å². The maximum absolute atomic E-state index is 14.0. The summed E-state index contributed by atoms with van der Waals surface area (Å²) in [6.45, 7) is 5.63. The molecule has 1 amide bonds. The van der Waals surface area contributed by atoms with Gasteiger partial charge in [-0.05, 0) is 72.5 Å².